The summed E-state index contributed by atoms with van der Waals surface area (Å²) in [4.78, 5) is 12.1. The summed E-state index contributed by atoms with van der Waals surface area (Å²) in [7, 11) is 0. The average molecular weight is 575 g/mol. The van der Waals surface area contributed by atoms with Crippen molar-refractivity contribution in [2.24, 2.45) is 0 Å². The zero-order chi connectivity index (χ0) is 28.6. The number of imidazole rings is 1. The number of aliphatic hydroxyl groups is 1. The largest absolute Gasteiger partial charge is 0.506 e. The van der Waals surface area contributed by atoms with Crippen LogP contribution in [-0.2, 0) is 19.5 Å². The number of aromatic nitrogens is 3. The van der Waals surface area contributed by atoms with Crippen LogP contribution >= 0.6 is 11.8 Å². The Labute approximate surface area is 247 Å². The lowest BCUT2D eigenvalue weighted by Crippen LogP contribution is -2.34. The summed E-state index contributed by atoms with van der Waals surface area (Å²) in [5.41, 5.74) is 8.09. The lowest BCUT2D eigenvalue weighted by Gasteiger charge is -2.26. The van der Waals surface area contributed by atoms with E-state index < -0.39 is 0 Å². The van der Waals surface area contributed by atoms with E-state index in [1.807, 2.05) is 24.8 Å². The van der Waals surface area contributed by atoms with Gasteiger partial charge in [-0.25, -0.2) is 4.98 Å². The van der Waals surface area contributed by atoms with Gasteiger partial charge in [0.05, 0.1) is 17.6 Å². The molecule has 0 bridgehead atoms. The van der Waals surface area contributed by atoms with Gasteiger partial charge >= 0.3 is 0 Å². The Balaban J connectivity index is 1.37. The molecule has 41 heavy (non-hydrogen) atoms. The summed E-state index contributed by atoms with van der Waals surface area (Å²) >= 11 is 2.04. The normalized spacial score (nSPS) is 14.0. The molecule has 1 fully saturated rings. The van der Waals surface area contributed by atoms with Crippen LogP contribution in [0.1, 0.15) is 40.9 Å². The molecule has 8 nitrogen and oxygen atoms in total. The number of aliphatic hydroxyl groups excluding tert-OH is 1. The minimum atomic E-state index is 0.188. The number of thioether (sulfide) groups is 1. The highest BCUT2D eigenvalue weighted by Gasteiger charge is 2.16. The first kappa shape index (κ1) is 29.2. The maximum Gasteiger partial charge on any atom is 0.204 e. The number of fused-ring (bicyclic) bond motifs is 1. The van der Waals surface area contributed by atoms with Gasteiger partial charge in [0.25, 0.3) is 0 Å². The highest BCUT2D eigenvalue weighted by atomic mass is 32.2. The molecule has 3 heterocycles. The number of pyridine rings is 1. The van der Waals surface area contributed by atoms with Gasteiger partial charge < -0.3 is 30.3 Å². The third-order valence-electron chi connectivity index (χ3n) is 7.60. The van der Waals surface area contributed by atoms with Crippen molar-refractivity contribution < 1.29 is 10.2 Å². The van der Waals surface area contributed by atoms with Crippen LogP contribution in [0.3, 0.4) is 0 Å². The number of rotatable bonds is 13. The Hall–Kier alpha value is -3.27. The summed E-state index contributed by atoms with van der Waals surface area (Å²) in [5.74, 6) is 3.44. The van der Waals surface area contributed by atoms with E-state index >= 15 is 0 Å². The van der Waals surface area contributed by atoms with Crippen molar-refractivity contribution in [3.05, 3.63) is 76.6 Å². The van der Waals surface area contributed by atoms with E-state index in [0.717, 1.165) is 66.3 Å². The molecule has 0 amide bonds. The van der Waals surface area contributed by atoms with E-state index in [1.54, 1.807) is 6.07 Å². The predicted molar refractivity (Wildman–Crippen MR) is 170 cm³/mol. The molecule has 0 saturated carbocycles. The molecule has 218 valence electrons. The lowest BCUT2D eigenvalue weighted by atomic mass is 10.0. The van der Waals surface area contributed by atoms with Crippen LogP contribution in [0, 0.1) is 13.8 Å². The first-order valence-electron chi connectivity index (χ1n) is 14.6. The summed E-state index contributed by atoms with van der Waals surface area (Å²) < 4.78 is 2.14. The molecule has 0 atom stereocenters. The molecular weight excluding hydrogens is 532 g/mol. The van der Waals surface area contributed by atoms with Crippen molar-refractivity contribution >= 4 is 34.4 Å². The Kier molecular flexibility index (Phi) is 10.0. The van der Waals surface area contributed by atoms with E-state index in [0.29, 0.717) is 18.8 Å². The monoisotopic (exact) mass is 574 g/mol. The number of nitrogens with one attached hydrogen (secondary N) is 2. The highest BCUT2D eigenvalue weighted by Crippen LogP contribution is 2.26. The fourth-order valence-electron chi connectivity index (χ4n) is 5.31. The van der Waals surface area contributed by atoms with Crippen molar-refractivity contribution in [1.82, 2.24) is 19.4 Å². The van der Waals surface area contributed by atoms with E-state index in [9.17, 15) is 10.2 Å². The maximum absolute atomic E-state index is 10.6. The van der Waals surface area contributed by atoms with Crippen molar-refractivity contribution in [2.75, 3.05) is 54.9 Å². The fraction of sp³-hybridized carbons (Fsp3) is 0.438. The van der Waals surface area contributed by atoms with Crippen LogP contribution in [0.15, 0.2) is 48.5 Å². The molecule has 4 aromatic rings. The van der Waals surface area contributed by atoms with Crippen molar-refractivity contribution in [3.8, 4) is 5.75 Å². The number of aryl methyl sites for hydroxylation is 3. The van der Waals surface area contributed by atoms with Crippen LogP contribution in [0.5, 0.6) is 5.75 Å². The SMILES string of the molecule is Cc1ccc(CCCO)c(NCc2ccc3nc(NCCCN4CCSCC4)n(Cc4nc(C)ccc4O)c3c2)c1. The van der Waals surface area contributed by atoms with Gasteiger partial charge in [0, 0.05) is 55.7 Å². The molecule has 9 heteroatoms. The molecule has 0 radical (unpaired) electrons. The van der Waals surface area contributed by atoms with Gasteiger partial charge in [-0.1, -0.05) is 18.2 Å². The van der Waals surface area contributed by atoms with Crippen LogP contribution in [0.25, 0.3) is 11.0 Å². The molecule has 4 N–H and O–H groups in total. The standard InChI is InChI=1S/C32H42N6O2S/c1-23-6-9-26(5-3-16-39)28(19-23)34-21-25-8-10-27-30(20-25)38(22-29-31(40)11-7-24(2)35-29)32(36-27)33-12-4-13-37-14-17-41-18-15-37/h6-11,19-20,34,39-40H,3-5,12-18,21-22H2,1-2H3,(H,33,36). The highest BCUT2D eigenvalue weighted by molar-refractivity contribution is 7.99. The number of benzene rings is 2. The first-order valence-corrected chi connectivity index (χ1v) is 15.8. The van der Waals surface area contributed by atoms with Crippen LogP contribution in [0.4, 0.5) is 11.6 Å². The van der Waals surface area contributed by atoms with Crippen molar-refractivity contribution in [2.45, 2.75) is 46.2 Å². The Morgan fingerprint density at radius 2 is 1.80 bits per heavy atom. The summed E-state index contributed by atoms with van der Waals surface area (Å²) in [6, 6.07) is 16.4. The zero-order valence-corrected chi connectivity index (χ0v) is 25.0. The molecule has 1 aliphatic heterocycles. The van der Waals surface area contributed by atoms with Gasteiger partial charge in [-0.2, -0.15) is 11.8 Å². The molecule has 0 unspecified atom stereocenters. The number of anilines is 2. The van der Waals surface area contributed by atoms with Gasteiger partial charge in [-0.05, 0) is 86.7 Å². The Morgan fingerprint density at radius 1 is 0.951 bits per heavy atom. The second kappa shape index (κ2) is 14.1. The topological polar surface area (TPSA) is 98.5 Å². The molecular formula is C32H42N6O2S. The molecule has 1 aliphatic rings. The average Bonchev–Trinajstić information content (AvgIpc) is 3.32. The van der Waals surface area contributed by atoms with E-state index in [2.05, 4.69) is 68.4 Å². The van der Waals surface area contributed by atoms with Crippen LogP contribution < -0.4 is 10.6 Å². The maximum atomic E-state index is 10.6. The van der Waals surface area contributed by atoms with E-state index in [4.69, 9.17) is 4.98 Å². The third-order valence-corrected chi connectivity index (χ3v) is 8.54. The van der Waals surface area contributed by atoms with Crippen LogP contribution in [-0.4, -0.2) is 73.9 Å². The number of aromatic hydroxyl groups is 1. The second-order valence-electron chi connectivity index (χ2n) is 10.8. The minimum absolute atomic E-state index is 0.188. The van der Waals surface area contributed by atoms with E-state index in [1.165, 1.54) is 35.7 Å². The van der Waals surface area contributed by atoms with Gasteiger partial charge in [0.2, 0.25) is 5.95 Å². The van der Waals surface area contributed by atoms with Gasteiger partial charge in [-0.15, -0.1) is 0 Å². The van der Waals surface area contributed by atoms with Crippen molar-refractivity contribution in [1.29, 1.82) is 0 Å². The minimum Gasteiger partial charge on any atom is -0.506 e. The third kappa shape index (κ3) is 7.72. The fourth-order valence-corrected chi connectivity index (χ4v) is 6.29. The predicted octanol–water partition coefficient (Wildman–Crippen LogP) is 5.19. The van der Waals surface area contributed by atoms with Gasteiger partial charge in [0.1, 0.15) is 11.4 Å². The molecule has 0 aliphatic carbocycles. The molecule has 2 aromatic carbocycles. The number of nitrogens with zero attached hydrogens (tertiary/aromatic N) is 4. The quantitative estimate of drug-likeness (QED) is 0.162. The van der Waals surface area contributed by atoms with Gasteiger partial charge in [0.15, 0.2) is 0 Å². The van der Waals surface area contributed by atoms with E-state index in [-0.39, 0.29) is 12.4 Å². The molecule has 5 rings (SSSR count). The zero-order valence-electron chi connectivity index (χ0n) is 24.2. The first-order chi connectivity index (χ1) is 20.0. The molecule has 2 aromatic heterocycles. The summed E-state index contributed by atoms with van der Waals surface area (Å²) in [6.07, 6.45) is 2.63. The smallest absolute Gasteiger partial charge is 0.204 e. The number of hydrogen-bond acceptors (Lipinski definition) is 8. The molecule has 0 spiro atoms. The Morgan fingerprint density at radius 3 is 2.63 bits per heavy atom. The Bertz CT molecular complexity index is 1450. The summed E-state index contributed by atoms with van der Waals surface area (Å²) in [6.45, 7) is 9.58. The summed E-state index contributed by atoms with van der Waals surface area (Å²) in [5, 5.41) is 27.1. The second-order valence-corrected chi connectivity index (χ2v) is 12.1. The molecule has 1 saturated heterocycles. The van der Waals surface area contributed by atoms with Crippen molar-refractivity contribution in [3.63, 3.8) is 0 Å². The number of hydrogen-bond donors (Lipinski definition) is 4. The van der Waals surface area contributed by atoms with Gasteiger partial charge in [-0.3, -0.25) is 4.98 Å². The van der Waals surface area contributed by atoms with Crippen LogP contribution in [0.2, 0.25) is 0 Å². The lowest BCUT2D eigenvalue weighted by molar-refractivity contribution is 0.288.